The van der Waals surface area contributed by atoms with Gasteiger partial charge < -0.3 is 18.9 Å². The third-order valence-corrected chi connectivity index (χ3v) is 5.62. The van der Waals surface area contributed by atoms with E-state index in [4.69, 9.17) is 18.9 Å². The Bertz CT molecular complexity index is 384. The van der Waals surface area contributed by atoms with Gasteiger partial charge in [-0.15, -0.1) is 0 Å². The van der Waals surface area contributed by atoms with Crippen LogP contribution in [0.1, 0.15) is 60.8 Å². The summed E-state index contributed by atoms with van der Waals surface area (Å²) in [7, 11) is 0. The van der Waals surface area contributed by atoms with Gasteiger partial charge in [0, 0.05) is 51.5 Å². The van der Waals surface area contributed by atoms with Crippen molar-refractivity contribution < 1.29 is 18.9 Å². The average molecular weight is 417 g/mol. The zero-order valence-electron chi connectivity index (χ0n) is 20.0. The van der Waals surface area contributed by atoms with Crippen LogP contribution in [0.3, 0.4) is 0 Å². The first-order chi connectivity index (χ1) is 13.9. The summed E-state index contributed by atoms with van der Waals surface area (Å²) < 4.78 is 22.0. The Labute approximate surface area is 180 Å². The fraction of sp³-hybridized carbons (Fsp3) is 1.00. The maximum Gasteiger partial charge on any atom is 0.0619 e. The molecule has 6 nitrogen and oxygen atoms in total. The van der Waals surface area contributed by atoms with Gasteiger partial charge in [-0.2, -0.15) is 0 Å². The molecule has 2 unspecified atom stereocenters. The molecule has 0 saturated carbocycles. The fourth-order valence-corrected chi connectivity index (χ4v) is 3.44. The lowest BCUT2D eigenvalue weighted by molar-refractivity contribution is -0.00799. The molecular formula is C23H48N2O4. The van der Waals surface area contributed by atoms with Crippen LogP contribution in [-0.2, 0) is 18.9 Å². The first-order valence-electron chi connectivity index (χ1n) is 11.8. The topological polar surface area (TPSA) is 43.4 Å². The molecule has 0 N–H and O–H groups in total. The van der Waals surface area contributed by atoms with Crippen molar-refractivity contribution in [2.24, 2.45) is 0 Å². The monoisotopic (exact) mass is 416 g/mol. The quantitative estimate of drug-likeness (QED) is 0.481. The second kappa shape index (κ2) is 16.5. The van der Waals surface area contributed by atoms with Crippen molar-refractivity contribution in [3.05, 3.63) is 0 Å². The van der Waals surface area contributed by atoms with E-state index in [1.54, 1.807) is 0 Å². The van der Waals surface area contributed by atoms with Crippen LogP contribution in [0.25, 0.3) is 0 Å². The number of ether oxygens (including phenoxy) is 4. The molecule has 29 heavy (non-hydrogen) atoms. The normalized spacial score (nSPS) is 24.9. The minimum Gasteiger partial charge on any atom is -0.379 e. The second-order valence-corrected chi connectivity index (χ2v) is 8.64. The first kappa shape index (κ1) is 26.8. The third kappa shape index (κ3) is 12.9. The zero-order chi connectivity index (χ0) is 21.5. The molecule has 0 aliphatic carbocycles. The standard InChI is InChI=1S/C12H25NO2.C11H23NO2/c1-4-12(3)15-8-5-6-13-7-9-14-10-11(13)2;1-10(2)14-7-4-5-12-6-8-13-9-11(12)3/h11-12H,4-10H2,1-3H3;10-11H,4-9H2,1-3H3/t11-,12?;/m1./s1. The van der Waals surface area contributed by atoms with Gasteiger partial charge in [-0.25, -0.2) is 0 Å². The van der Waals surface area contributed by atoms with Crippen LogP contribution in [0.4, 0.5) is 0 Å². The van der Waals surface area contributed by atoms with Crippen LogP contribution in [-0.4, -0.2) is 99.9 Å². The molecule has 0 bridgehead atoms. The van der Waals surface area contributed by atoms with Crippen LogP contribution in [0.15, 0.2) is 0 Å². The van der Waals surface area contributed by atoms with Crippen LogP contribution in [0.5, 0.6) is 0 Å². The van der Waals surface area contributed by atoms with Gasteiger partial charge in [0.15, 0.2) is 0 Å². The van der Waals surface area contributed by atoms with E-state index >= 15 is 0 Å². The van der Waals surface area contributed by atoms with Crippen LogP contribution < -0.4 is 0 Å². The van der Waals surface area contributed by atoms with Gasteiger partial charge >= 0.3 is 0 Å². The number of hydrogen-bond acceptors (Lipinski definition) is 6. The number of nitrogens with zero attached hydrogens (tertiary/aromatic N) is 2. The van der Waals surface area contributed by atoms with Crippen molar-refractivity contribution in [2.45, 2.75) is 85.1 Å². The Morgan fingerprint density at radius 2 is 1.31 bits per heavy atom. The number of rotatable bonds is 11. The molecule has 3 atom stereocenters. The summed E-state index contributed by atoms with van der Waals surface area (Å²) in [4.78, 5) is 4.97. The Kier molecular flexibility index (Phi) is 15.2. The SMILES string of the molecule is CC(C)OCCCN1CCOCC1C.CCC(C)OCCCN1CCOC[C@H]1C. The van der Waals surface area contributed by atoms with Crippen LogP contribution >= 0.6 is 0 Å². The molecule has 2 heterocycles. The van der Waals surface area contributed by atoms with Gasteiger partial charge in [0.1, 0.15) is 0 Å². The van der Waals surface area contributed by atoms with Crippen LogP contribution in [0.2, 0.25) is 0 Å². The zero-order valence-corrected chi connectivity index (χ0v) is 20.0. The Balaban J connectivity index is 0.000000291. The highest BCUT2D eigenvalue weighted by Crippen LogP contribution is 2.08. The molecular weight excluding hydrogens is 368 g/mol. The summed E-state index contributed by atoms with van der Waals surface area (Å²) in [5, 5.41) is 0. The minimum atomic E-state index is 0.358. The Morgan fingerprint density at radius 3 is 1.72 bits per heavy atom. The maximum absolute atomic E-state index is 5.66. The van der Waals surface area contributed by atoms with Gasteiger partial charge in [0.2, 0.25) is 0 Å². The summed E-state index contributed by atoms with van der Waals surface area (Å²) in [6.07, 6.45) is 4.13. The van der Waals surface area contributed by atoms with Gasteiger partial charge in [-0.1, -0.05) is 6.92 Å². The highest BCUT2D eigenvalue weighted by atomic mass is 16.5. The molecule has 174 valence electrons. The van der Waals surface area contributed by atoms with Gasteiger partial charge in [-0.3, -0.25) is 9.80 Å². The van der Waals surface area contributed by atoms with Crippen molar-refractivity contribution in [1.82, 2.24) is 9.80 Å². The maximum atomic E-state index is 5.66. The van der Waals surface area contributed by atoms with E-state index in [9.17, 15) is 0 Å². The van der Waals surface area contributed by atoms with Crippen molar-refractivity contribution >= 4 is 0 Å². The largest absolute Gasteiger partial charge is 0.379 e. The first-order valence-corrected chi connectivity index (χ1v) is 11.8. The lowest BCUT2D eigenvalue weighted by atomic mass is 10.2. The van der Waals surface area contributed by atoms with E-state index < -0.39 is 0 Å². The highest BCUT2D eigenvalue weighted by Gasteiger charge is 2.18. The molecule has 2 aliphatic heterocycles. The fourth-order valence-electron chi connectivity index (χ4n) is 3.44. The van der Waals surface area contributed by atoms with Crippen molar-refractivity contribution in [1.29, 1.82) is 0 Å². The number of morpholine rings is 2. The van der Waals surface area contributed by atoms with E-state index in [0.29, 0.717) is 24.3 Å². The summed E-state index contributed by atoms with van der Waals surface area (Å²) in [6.45, 7) is 22.6. The van der Waals surface area contributed by atoms with Crippen molar-refractivity contribution in [2.75, 3.05) is 65.8 Å². The van der Waals surface area contributed by atoms with E-state index in [1.807, 2.05) is 0 Å². The smallest absolute Gasteiger partial charge is 0.0619 e. The molecule has 0 aromatic heterocycles. The molecule has 0 radical (unpaired) electrons. The lowest BCUT2D eigenvalue weighted by Gasteiger charge is -2.33. The average Bonchev–Trinajstić information content (AvgIpc) is 2.71. The molecule has 0 aromatic rings. The summed E-state index contributed by atoms with van der Waals surface area (Å²) >= 11 is 0. The van der Waals surface area contributed by atoms with Gasteiger partial charge in [0.05, 0.1) is 38.6 Å². The Hall–Kier alpha value is -0.240. The van der Waals surface area contributed by atoms with E-state index in [1.165, 1.54) is 0 Å². The predicted octanol–water partition coefficient (Wildman–Crippen LogP) is 3.43. The molecule has 2 rings (SSSR count). The predicted molar refractivity (Wildman–Crippen MR) is 120 cm³/mol. The van der Waals surface area contributed by atoms with Crippen LogP contribution in [0, 0.1) is 0 Å². The lowest BCUT2D eigenvalue weighted by Crippen LogP contribution is -2.44. The molecule has 0 aromatic carbocycles. The van der Waals surface area contributed by atoms with Gasteiger partial charge in [-0.05, 0) is 53.9 Å². The van der Waals surface area contributed by atoms with Crippen molar-refractivity contribution in [3.63, 3.8) is 0 Å². The van der Waals surface area contributed by atoms with E-state index in [2.05, 4.69) is 51.3 Å². The second-order valence-electron chi connectivity index (χ2n) is 8.64. The highest BCUT2D eigenvalue weighted by molar-refractivity contribution is 4.71. The minimum absolute atomic E-state index is 0.358. The molecule has 6 heteroatoms. The van der Waals surface area contributed by atoms with Gasteiger partial charge in [0.25, 0.3) is 0 Å². The van der Waals surface area contributed by atoms with E-state index in [0.717, 1.165) is 85.1 Å². The molecule has 2 aliphatic rings. The Morgan fingerprint density at radius 1 is 0.828 bits per heavy atom. The number of hydrogen-bond donors (Lipinski definition) is 0. The van der Waals surface area contributed by atoms with E-state index in [-0.39, 0.29) is 0 Å². The third-order valence-electron chi connectivity index (χ3n) is 5.62. The summed E-state index contributed by atoms with van der Waals surface area (Å²) in [6, 6.07) is 1.14. The molecule has 0 amide bonds. The molecule has 2 saturated heterocycles. The molecule has 0 spiro atoms. The van der Waals surface area contributed by atoms with Crippen molar-refractivity contribution in [3.8, 4) is 0 Å². The molecule has 2 fully saturated rings. The summed E-state index contributed by atoms with van der Waals surface area (Å²) in [5.74, 6) is 0. The summed E-state index contributed by atoms with van der Waals surface area (Å²) in [5.41, 5.74) is 0.